The van der Waals surface area contributed by atoms with Crippen molar-refractivity contribution in [1.29, 1.82) is 0 Å². The van der Waals surface area contributed by atoms with Gasteiger partial charge in [0.05, 0.1) is 5.60 Å². The van der Waals surface area contributed by atoms with Crippen molar-refractivity contribution in [3.63, 3.8) is 0 Å². The van der Waals surface area contributed by atoms with Crippen LogP contribution in [0, 0.1) is 0 Å². The first kappa shape index (κ1) is 26.2. The number of methoxy groups -OCH3 is 1. The average molecular weight is 483 g/mol. The largest absolute Gasteiger partial charge is 0.480 e. The Morgan fingerprint density at radius 3 is 2.06 bits per heavy atom. The zero-order chi connectivity index (χ0) is 25.8. The molecule has 3 rings (SSSR count). The molecule has 1 atom stereocenters. The molecule has 2 N–H and O–H groups in total. The lowest BCUT2D eigenvalue weighted by Gasteiger charge is -2.33. The van der Waals surface area contributed by atoms with Crippen LogP contribution in [-0.4, -0.2) is 65.9 Å². The summed E-state index contributed by atoms with van der Waals surface area (Å²) in [6.07, 6.45) is -0.591. The number of carboxylic acid groups (broad SMARTS) is 1. The Bertz CT molecular complexity index is 1040. The van der Waals surface area contributed by atoms with Gasteiger partial charge >= 0.3 is 12.1 Å². The monoisotopic (exact) mass is 482 g/mol. The maximum absolute atomic E-state index is 13.3. The number of carboxylic acids is 1. The van der Waals surface area contributed by atoms with E-state index in [0.717, 1.165) is 22.3 Å². The van der Waals surface area contributed by atoms with Gasteiger partial charge in [0.25, 0.3) is 0 Å². The van der Waals surface area contributed by atoms with E-state index in [2.05, 4.69) is 17.4 Å². The topological polar surface area (TPSA) is 105 Å². The number of nitrogens with zero attached hydrogens (tertiary/aromatic N) is 1. The van der Waals surface area contributed by atoms with E-state index in [4.69, 9.17) is 9.47 Å². The number of carbonyl (C=O) groups excluding carboxylic acids is 2. The number of fused-ring (bicyclic) bond motifs is 3. The molecule has 1 aliphatic rings. The van der Waals surface area contributed by atoms with Crippen molar-refractivity contribution in [3.8, 4) is 11.1 Å². The molecule has 0 heterocycles. The third-order valence-electron chi connectivity index (χ3n) is 6.39. The van der Waals surface area contributed by atoms with Gasteiger partial charge in [-0.05, 0) is 49.9 Å². The van der Waals surface area contributed by atoms with Crippen LogP contribution in [0.1, 0.15) is 51.2 Å². The van der Waals surface area contributed by atoms with E-state index < -0.39 is 36.2 Å². The average Bonchev–Trinajstić information content (AvgIpc) is 3.13. The number of amides is 2. The Kier molecular flexibility index (Phi) is 8.17. The van der Waals surface area contributed by atoms with Crippen molar-refractivity contribution in [3.05, 3.63) is 59.7 Å². The molecule has 8 nitrogen and oxygen atoms in total. The summed E-state index contributed by atoms with van der Waals surface area (Å²) in [6, 6.07) is 14.7. The summed E-state index contributed by atoms with van der Waals surface area (Å²) in [7, 11) is 1.52. The normalized spacial score (nSPS) is 13.7. The highest BCUT2D eigenvalue weighted by molar-refractivity contribution is 5.88. The molecule has 8 heteroatoms. The maximum Gasteiger partial charge on any atom is 0.407 e. The van der Waals surface area contributed by atoms with Crippen LogP contribution in [-0.2, 0) is 19.1 Å². The van der Waals surface area contributed by atoms with Crippen LogP contribution in [0.2, 0.25) is 0 Å². The van der Waals surface area contributed by atoms with Gasteiger partial charge in [0.1, 0.15) is 19.2 Å². The number of hydrogen-bond donors (Lipinski definition) is 2. The van der Waals surface area contributed by atoms with Crippen molar-refractivity contribution < 1.29 is 29.0 Å². The van der Waals surface area contributed by atoms with Gasteiger partial charge in [-0.2, -0.15) is 0 Å². The van der Waals surface area contributed by atoms with Gasteiger partial charge in [-0.25, -0.2) is 4.79 Å². The van der Waals surface area contributed by atoms with Gasteiger partial charge in [-0.15, -0.1) is 0 Å². The number of ether oxygens (including phenoxy) is 2. The number of rotatable bonds is 10. The molecule has 0 aliphatic heterocycles. The summed E-state index contributed by atoms with van der Waals surface area (Å²) in [6.45, 7) is 6.69. The highest BCUT2D eigenvalue weighted by Gasteiger charge is 2.35. The van der Waals surface area contributed by atoms with E-state index in [1.807, 2.05) is 36.4 Å². The van der Waals surface area contributed by atoms with Crippen LogP contribution < -0.4 is 5.32 Å². The summed E-state index contributed by atoms with van der Waals surface area (Å²) in [5.74, 6) is -1.74. The maximum atomic E-state index is 13.3. The molecule has 188 valence electrons. The molecule has 1 unspecified atom stereocenters. The minimum absolute atomic E-state index is 0.109. The van der Waals surface area contributed by atoms with E-state index in [1.165, 1.54) is 12.0 Å². The van der Waals surface area contributed by atoms with Crippen molar-refractivity contribution in [1.82, 2.24) is 10.2 Å². The number of hydrogen-bond acceptors (Lipinski definition) is 5. The number of alkyl carbamates (subject to hydrolysis) is 1. The molecule has 0 aromatic heterocycles. The third kappa shape index (κ3) is 6.19. The molecular formula is C27H34N2O6. The van der Waals surface area contributed by atoms with Crippen LogP contribution in [0.3, 0.4) is 0 Å². The van der Waals surface area contributed by atoms with E-state index in [1.54, 1.807) is 27.7 Å². The third-order valence-corrected chi connectivity index (χ3v) is 6.39. The first-order chi connectivity index (χ1) is 16.5. The Morgan fingerprint density at radius 1 is 1.03 bits per heavy atom. The van der Waals surface area contributed by atoms with Gasteiger partial charge in [-0.3, -0.25) is 9.59 Å². The predicted octanol–water partition coefficient (Wildman–Crippen LogP) is 4.03. The van der Waals surface area contributed by atoms with E-state index in [0.29, 0.717) is 0 Å². The van der Waals surface area contributed by atoms with Gasteiger partial charge in [0, 0.05) is 25.5 Å². The van der Waals surface area contributed by atoms with Gasteiger partial charge in [-0.1, -0.05) is 48.5 Å². The molecular weight excluding hydrogens is 448 g/mol. The summed E-state index contributed by atoms with van der Waals surface area (Å²) >= 11 is 0. The zero-order valence-electron chi connectivity index (χ0n) is 20.9. The summed E-state index contributed by atoms with van der Waals surface area (Å²) in [4.78, 5) is 38.7. The van der Waals surface area contributed by atoms with Crippen LogP contribution in [0.5, 0.6) is 0 Å². The minimum Gasteiger partial charge on any atom is -0.480 e. The molecule has 2 aromatic rings. The SMILES string of the molecule is COC(C)(C)CC(NC(=O)OCC1c2ccccc2-c2ccccc21)C(=O)N(CC(=O)O)C(C)C. The second-order valence-corrected chi connectivity index (χ2v) is 9.64. The number of carbonyl (C=O) groups is 3. The Balaban J connectivity index is 1.75. The van der Waals surface area contributed by atoms with Crippen LogP contribution >= 0.6 is 0 Å². The van der Waals surface area contributed by atoms with Crippen LogP contribution in [0.4, 0.5) is 4.79 Å². The molecule has 0 radical (unpaired) electrons. The molecule has 35 heavy (non-hydrogen) atoms. The Hall–Kier alpha value is -3.39. The fourth-order valence-electron chi connectivity index (χ4n) is 4.42. The molecule has 0 saturated heterocycles. The molecule has 0 saturated carbocycles. The molecule has 1 aliphatic carbocycles. The van der Waals surface area contributed by atoms with Gasteiger partial charge < -0.3 is 24.8 Å². The van der Waals surface area contributed by atoms with E-state index in [9.17, 15) is 19.5 Å². The molecule has 0 bridgehead atoms. The molecule has 2 amide bonds. The van der Waals surface area contributed by atoms with Crippen LogP contribution in [0.25, 0.3) is 11.1 Å². The molecule has 0 fully saturated rings. The summed E-state index contributed by atoms with van der Waals surface area (Å²) in [5, 5.41) is 11.9. The molecule has 2 aromatic carbocycles. The van der Waals surface area contributed by atoms with E-state index in [-0.39, 0.29) is 25.0 Å². The zero-order valence-corrected chi connectivity index (χ0v) is 20.9. The smallest absolute Gasteiger partial charge is 0.407 e. The van der Waals surface area contributed by atoms with Crippen molar-refractivity contribution in [2.24, 2.45) is 0 Å². The second-order valence-electron chi connectivity index (χ2n) is 9.64. The lowest BCUT2D eigenvalue weighted by atomic mass is 9.97. The Labute approximate surface area is 206 Å². The first-order valence-electron chi connectivity index (χ1n) is 11.7. The quantitative estimate of drug-likeness (QED) is 0.530. The number of aliphatic carboxylic acids is 1. The fourth-order valence-corrected chi connectivity index (χ4v) is 4.42. The standard InChI is InChI=1S/C27H34N2O6/c1-17(2)29(15-24(30)31)25(32)23(14-27(3,4)34-5)28-26(33)35-16-22-20-12-8-6-10-18(20)19-11-7-9-13-21(19)22/h6-13,17,22-23H,14-16H2,1-5H3,(H,28,33)(H,30,31). The second kappa shape index (κ2) is 10.9. The number of nitrogens with one attached hydrogen (secondary N) is 1. The predicted molar refractivity (Wildman–Crippen MR) is 132 cm³/mol. The van der Waals surface area contributed by atoms with Crippen LogP contribution in [0.15, 0.2) is 48.5 Å². The van der Waals surface area contributed by atoms with Crippen molar-refractivity contribution in [2.75, 3.05) is 20.3 Å². The van der Waals surface area contributed by atoms with Gasteiger partial charge in [0.2, 0.25) is 5.91 Å². The first-order valence-corrected chi connectivity index (χ1v) is 11.7. The van der Waals surface area contributed by atoms with Crippen molar-refractivity contribution >= 4 is 18.0 Å². The number of benzene rings is 2. The highest BCUT2D eigenvalue weighted by atomic mass is 16.5. The van der Waals surface area contributed by atoms with E-state index >= 15 is 0 Å². The fraction of sp³-hybridized carbons (Fsp3) is 0.444. The minimum atomic E-state index is -1.13. The Morgan fingerprint density at radius 2 is 1.57 bits per heavy atom. The van der Waals surface area contributed by atoms with Crippen molar-refractivity contribution in [2.45, 2.75) is 57.7 Å². The summed E-state index contributed by atoms with van der Waals surface area (Å²) < 4.78 is 11.1. The lowest BCUT2D eigenvalue weighted by molar-refractivity contribution is -0.147. The highest BCUT2D eigenvalue weighted by Crippen LogP contribution is 2.44. The lowest BCUT2D eigenvalue weighted by Crippen LogP contribution is -2.54. The summed E-state index contributed by atoms with van der Waals surface area (Å²) in [5.41, 5.74) is 3.67. The van der Waals surface area contributed by atoms with Gasteiger partial charge in [0.15, 0.2) is 0 Å². The molecule has 0 spiro atoms.